The highest BCUT2D eigenvalue weighted by atomic mass is 35.5. The molecule has 20 heavy (non-hydrogen) atoms. The molecule has 8 heteroatoms. The average molecular weight is 325 g/mol. The minimum Gasteiger partial charge on any atom is -0.423 e. The molecule has 114 valence electrons. The first-order chi connectivity index (χ1) is 8.58. The first-order valence-corrected chi connectivity index (χ1v) is 6.12. The predicted octanol–water partition coefficient (Wildman–Crippen LogP) is 0.0965. The van der Waals surface area contributed by atoms with E-state index < -0.39 is 7.12 Å². The molecule has 0 radical (unpaired) electrons. The van der Waals surface area contributed by atoms with E-state index in [-0.39, 0.29) is 36.1 Å². The van der Waals surface area contributed by atoms with Crippen LogP contribution in [0.4, 0.5) is 4.39 Å². The van der Waals surface area contributed by atoms with E-state index in [2.05, 4.69) is 16.8 Å². The van der Waals surface area contributed by atoms with Gasteiger partial charge in [-0.1, -0.05) is 12.1 Å². The second-order valence-corrected chi connectivity index (χ2v) is 4.76. The Morgan fingerprint density at radius 3 is 2.30 bits per heavy atom. The van der Waals surface area contributed by atoms with E-state index >= 15 is 0 Å². The Balaban J connectivity index is 0.00000180. The number of halogens is 3. The molecule has 0 aromatic heterocycles. The third-order valence-electron chi connectivity index (χ3n) is 3.41. The molecule has 0 saturated carbocycles. The summed E-state index contributed by atoms with van der Waals surface area (Å²) in [6.45, 7) is 4.06. The molecule has 1 aromatic rings. The maximum atomic E-state index is 13.8. The standard InChI is InChI=1S/C12H18BFN2O2.2ClH/c1-15-5-7-16(8-6-15)9-10-11(13(17)18)3-2-4-12(10)14;;/h2-4,17-18H,5-9H2,1H3;2*1H. The number of hydrogen-bond donors (Lipinski definition) is 2. The molecule has 0 aliphatic carbocycles. The second kappa shape index (κ2) is 8.82. The molecular formula is C12H20BCl2FN2O2. The lowest BCUT2D eigenvalue weighted by atomic mass is 9.76. The van der Waals surface area contributed by atoms with Crippen molar-refractivity contribution in [3.8, 4) is 0 Å². The van der Waals surface area contributed by atoms with Gasteiger partial charge < -0.3 is 14.9 Å². The van der Waals surface area contributed by atoms with Gasteiger partial charge in [-0.15, -0.1) is 24.8 Å². The minimum absolute atomic E-state index is 0. The van der Waals surface area contributed by atoms with Crippen LogP contribution in [0, 0.1) is 5.82 Å². The monoisotopic (exact) mass is 324 g/mol. The summed E-state index contributed by atoms with van der Waals surface area (Å²) in [5.41, 5.74) is 0.644. The highest BCUT2D eigenvalue weighted by Crippen LogP contribution is 2.10. The Hall–Kier alpha value is -0.365. The zero-order chi connectivity index (χ0) is 13.1. The van der Waals surface area contributed by atoms with Gasteiger partial charge in [0, 0.05) is 38.3 Å². The van der Waals surface area contributed by atoms with Gasteiger partial charge in [0.25, 0.3) is 0 Å². The molecule has 0 bridgehead atoms. The van der Waals surface area contributed by atoms with E-state index in [1.807, 2.05) is 0 Å². The van der Waals surface area contributed by atoms with Crippen molar-refractivity contribution in [2.24, 2.45) is 0 Å². The van der Waals surface area contributed by atoms with Crippen LogP contribution in [-0.2, 0) is 6.54 Å². The number of benzene rings is 1. The summed E-state index contributed by atoms with van der Waals surface area (Å²) in [6, 6.07) is 4.41. The van der Waals surface area contributed by atoms with Crippen molar-refractivity contribution in [1.82, 2.24) is 9.80 Å². The fraction of sp³-hybridized carbons (Fsp3) is 0.500. The number of nitrogens with zero attached hydrogens (tertiary/aromatic N) is 2. The summed E-state index contributed by atoms with van der Waals surface area (Å²) in [5.74, 6) is -0.375. The molecule has 0 spiro atoms. The van der Waals surface area contributed by atoms with Crippen LogP contribution in [0.1, 0.15) is 5.56 Å². The van der Waals surface area contributed by atoms with Gasteiger partial charge in [0.2, 0.25) is 0 Å². The lowest BCUT2D eigenvalue weighted by Crippen LogP contribution is -2.45. The summed E-state index contributed by atoms with van der Waals surface area (Å²) >= 11 is 0. The minimum atomic E-state index is -1.62. The molecule has 0 amide bonds. The van der Waals surface area contributed by atoms with Crippen LogP contribution < -0.4 is 5.46 Å². The lowest BCUT2D eigenvalue weighted by molar-refractivity contribution is 0.147. The fourth-order valence-corrected chi connectivity index (χ4v) is 2.21. The molecule has 1 fully saturated rings. The van der Waals surface area contributed by atoms with Gasteiger partial charge in [-0.3, -0.25) is 4.90 Å². The zero-order valence-corrected chi connectivity index (χ0v) is 13.0. The smallest absolute Gasteiger partial charge is 0.423 e. The molecule has 2 rings (SSSR count). The molecule has 4 nitrogen and oxygen atoms in total. The first kappa shape index (κ1) is 19.6. The zero-order valence-electron chi connectivity index (χ0n) is 11.3. The van der Waals surface area contributed by atoms with E-state index in [1.165, 1.54) is 12.1 Å². The van der Waals surface area contributed by atoms with E-state index in [1.54, 1.807) is 6.07 Å². The quantitative estimate of drug-likeness (QED) is 0.774. The third kappa shape index (κ3) is 4.88. The van der Waals surface area contributed by atoms with Gasteiger partial charge in [0.1, 0.15) is 5.82 Å². The predicted molar refractivity (Wildman–Crippen MR) is 83.5 cm³/mol. The molecule has 0 atom stereocenters. The van der Waals surface area contributed by atoms with Gasteiger partial charge in [-0.2, -0.15) is 0 Å². The topological polar surface area (TPSA) is 46.9 Å². The third-order valence-corrected chi connectivity index (χ3v) is 3.41. The SMILES string of the molecule is CN1CCN(Cc2c(F)cccc2B(O)O)CC1.Cl.Cl. The van der Waals surface area contributed by atoms with Gasteiger partial charge in [-0.25, -0.2) is 4.39 Å². The summed E-state index contributed by atoms with van der Waals surface area (Å²) in [4.78, 5) is 4.35. The van der Waals surface area contributed by atoms with Crippen LogP contribution >= 0.6 is 24.8 Å². The van der Waals surface area contributed by atoms with Gasteiger partial charge >= 0.3 is 7.12 Å². The largest absolute Gasteiger partial charge is 0.488 e. The first-order valence-electron chi connectivity index (χ1n) is 6.12. The maximum absolute atomic E-state index is 13.8. The average Bonchev–Trinajstić information content (AvgIpc) is 2.34. The molecule has 2 N–H and O–H groups in total. The molecule has 0 unspecified atom stereocenters. The Morgan fingerprint density at radius 1 is 1.15 bits per heavy atom. The van der Waals surface area contributed by atoms with Gasteiger partial charge in [0.05, 0.1) is 0 Å². The van der Waals surface area contributed by atoms with Crippen molar-refractivity contribution in [3.05, 3.63) is 29.6 Å². The highest BCUT2D eigenvalue weighted by molar-refractivity contribution is 6.59. The van der Waals surface area contributed by atoms with Crippen molar-refractivity contribution in [1.29, 1.82) is 0 Å². The van der Waals surface area contributed by atoms with E-state index in [0.29, 0.717) is 12.1 Å². The molecule has 1 aliphatic heterocycles. The fourth-order valence-electron chi connectivity index (χ4n) is 2.21. The molecule has 1 heterocycles. The van der Waals surface area contributed by atoms with Crippen molar-refractivity contribution in [2.75, 3.05) is 33.2 Å². The van der Waals surface area contributed by atoms with Crippen molar-refractivity contribution in [3.63, 3.8) is 0 Å². The van der Waals surface area contributed by atoms with Crippen LogP contribution in [0.25, 0.3) is 0 Å². The second-order valence-electron chi connectivity index (χ2n) is 4.76. The molecular weight excluding hydrogens is 305 g/mol. The Labute approximate surface area is 131 Å². The summed E-state index contributed by atoms with van der Waals surface area (Å²) < 4.78 is 13.8. The van der Waals surface area contributed by atoms with Crippen LogP contribution in [0.3, 0.4) is 0 Å². The van der Waals surface area contributed by atoms with Crippen LogP contribution in [-0.4, -0.2) is 60.2 Å². The molecule has 1 aliphatic rings. The van der Waals surface area contributed by atoms with Crippen LogP contribution in [0.15, 0.2) is 18.2 Å². The lowest BCUT2D eigenvalue weighted by Gasteiger charge is -2.32. The van der Waals surface area contributed by atoms with Gasteiger partial charge in [-0.05, 0) is 18.6 Å². The van der Waals surface area contributed by atoms with Crippen molar-refractivity contribution in [2.45, 2.75) is 6.54 Å². The number of likely N-dealkylation sites (N-methyl/N-ethyl adjacent to an activating group) is 1. The maximum Gasteiger partial charge on any atom is 0.488 e. The summed E-state index contributed by atoms with van der Waals surface area (Å²) in [6.07, 6.45) is 0. The van der Waals surface area contributed by atoms with Crippen molar-refractivity contribution < 1.29 is 14.4 Å². The van der Waals surface area contributed by atoms with E-state index in [4.69, 9.17) is 0 Å². The van der Waals surface area contributed by atoms with E-state index in [9.17, 15) is 14.4 Å². The van der Waals surface area contributed by atoms with Crippen LogP contribution in [0.2, 0.25) is 0 Å². The summed E-state index contributed by atoms with van der Waals surface area (Å²) in [5, 5.41) is 18.5. The Kier molecular flexibility index (Phi) is 8.66. The summed E-state index contributed by atoms with van der Waals surface area (Å²) in [7, 11) is 0.437. The number of hydrogen-bond acceptors (Lipinski definition) is 4. The molecule has 1 aromatic carbocycles. The number of piperazine rings is 1. The Bertz CT molecular complexity index is 418. The normalized spacial score (nSPS) is 16.2. The number of rotatable bonds is 3. The van der Waals surface area contributed by atoms with Crippen LogP contribution in [0.5, 0.6) is 0 Å². The Morgan fingerprint density at radius 2 is 1.75 bits per heavy atom. The molecule has 1 saturated heterocycles. The van der Waals surface area contributed by atoms with Crippen molar-refractivity contribution >= 4 is 37.4 Å². The highest BCUT2D eigenvalue weighted by Gasteiger charge is 2.22. The van der Waals surface area contributed by atoms with Gasteiger partial charge in [0.15, 0.2) is 0 Å². The van der Waals surface area contributed by atoms with E-state index in [0.717, 1.165) is 26.2 Å².